The third-order valence-electron chi connectivity index (χ3n) is 5.75. The summed E-state index contributed by atoms with van der Waals surface area (Å²) in [5, 5.41) is 11.1. The van der Waals surface area contributed by atoms with Crippen LogP contribution in [0.15, 0.2) is 72.8 Å². The summed E-state index contributed by atoms with van der Waals surface area (Å²) in [5.74, 6) is -0.238. The SMILES string of the molecule is COc1ccc(C(O)=C2C(=O)C(=O)N(CCC[n+]3cc[nH]c3)C2c2ccc(OC)cc2)cc1. The number of benzene rings is 2. The van der Waals surface area contributed by atoms with Crippen molar-refractivity contribution in [1.29, 1.82) is 0 Å². The van der Waals surface area contributed by atoms with E-state index in [2.05, 4.69) is 4.98 Å². The number of ether oxygens (including phenoxy) is 2. The molecule has 0 spiro atoms. The van der Waals surface area contributed by atoms with E-state index >= 15 is 0 Å². The minimum absolute atomic E-state index is 0.0737. The fraction of sp³-hybridized carbons (Fsp3) is 0.240. The minimum atomic E-state index is -0.700. The van der Waals surface area contributed by atoms with Crippen LogP contribution >= 0.6 is 0 Å². The molecule has 3 aromatic rings. The summed E-state index contributed by atoms with van der Waals surface area (Å²) in [6, 6.07) is 13.2. The molecular weight excluding hydrogens is 422 g/mol. The third kappa shape index (κ3) is 4.45. The summed E-state index contributed by atoms with van der Waals surface area (Å²) < 4.78 is 12.4. The average molecular weight is 448 g/mol. The number of methoxy groups -OCH3 is 2. The number of aliphatic hydroxyl groups excluding tert-OH is 1. The van der Waals surface area contributed by atoms with Crippen LogP contribution in [0, 0.1) is 0 Å². The van der Waals surface area contributed by atoms with Crippen LogP contribution in [0.25, 0.3) is 5.76 Å². The molecule has 1 amide bonds. The fourth-order valence-electron chi connectivity index (χ4n) is 4.03. The molecule has 4 rings (SSSR count). The molecule has 170 valence electrons. The number of nitrogens with one attached hydrogen (secondary N) is 1. The standard InChI is InChI=1S/C25H25N3O5/c1-32-19-8-4-17(5-9-19)22-21(23(29)18-6-10-20(33-2)11-7-18)24(30)25(31)28(22)14-3-13-27-15-12-26-16-27/h4-12,15-16,22H,3,13-14H2,1-2H3,(H,29,30)/p+1. The molecule has 1 saturated heterocycles. The van der Waals surface area contributed by atoms with Crippen molar-refractivity contribution in [3.05, 3.63) is 84.0 Å². The predicted octanol–water partition coefficient (Wildman–Crippen LogP) is 2.83. The Hall–Kier alpha value is -4.07. The largest absolute Gasteiger partial charge is 0.507 e. The Bertz CT molecular complexity index is 1150. The average Bonchev–Trinajstić information content (AvgIpc) is 3.46. The van der Waals surface area contributed by atoms with Gasteiger partial charge in [-0.15, -0.1) is 0 Å². The molecule has 8 heteroatoms. The van der Waals surface area contributed by atoms with Crippen molar-refractivity contribution in [3.63, 3.8) is 0 Å². The van der Waals surface area contributed by atoms with Crippen LogP contribution in [-0.2, 0) is 16.1 Å². The van der Waals surface area contributed by atoms with Gasteiger partial charge in [0.25, 0.3) is 11.7 Å². The van der Waals surface area contributed by atoms with Gasteiger partial charge in [0.2, 0.25) is 6.33 Å². The van der Waals surface area contributed by atoms with Gasteiger partial charge in [-0.2, -0.15) is 0 Å². The number of hydrogen-bond donors (Lipinski definition) is 2. The number of imidazole rings is 1. The second-order valence-electron chi connectivity index (χ2n) is 7.70. The van der Waals surface area contributed by atoms with E-state index in [1.807, 2.05) is 35.4 Å². The molecule has 2 N–H and O–H groups in total. The lowest BCUT2D eigenvalue weighted by molar-refractivity contribution is -0.695. The first-order chi connectivity index (χ1) is 16.0. The highest BCUT2D eigenvalue weighted by atomic mass is 16.5. The number of rotatable bonds is 8. The molecule has 1 aromatic heterocycles. The predicted molar refractivity (Wildman–Crippen MR) is 121 cm³/mol. The fourth-order valence-corrected chi connectivity index (χ4v) is 4.03. The molecule has 0 bridgehead atoms. The van der Waals surface area contributed by atoms with Crippen LogP contribution in [-0.4, -0.2) is 47.4 Å². The van der Waals surface area contributed by atoms with Crippen LogP contribution in [0.3, 0.4) is 0 Å². The Morgan fingerprint density at radius 1 is 1.03 bits per heavy atom. The molecule has 1 atom stereocenters. The number of ketones is 1. The number of carbonyl (C=O) groups excluding carboxylic acids is 2. The van der Waals surface area contributed by atoms with Crippen molar-refractivity contribution < 1.29 is 28.7 Å². The van der Waals surface area contributed by atoms with Gasteiger partial charge in [-0.3, -0.25) is 14.6 Å². The summed E-state index contributed by atoms with van der Waals surface area (Å²) in [6.07, 6.45) is 6.20. The maximum Gasteiger partial charge on any atom is 0.295 e. The molecule has 8 nitrogen and oxygen atoms in total. The van der Waals surface area contributed by atoms with Crippen LogP contribution in [0.5, 0.6) is 11.5 Å². The van der Waals surface area contributed by atoms with E-state index in [0.717, 1.165) is 5.56 Å². The monoisotopic (exact) mass is 448 g/mol. The van der Waals surface area contributed by atoms with Crippen molar-refractivity contribution in [3.8, 4) is 11.5 Å². The van der Waals surface area contributed by atoms with E-state index in [1.54, 1.807) is 50.6 Å². The van der Waals surface area contributed by atoms with Crippen LogP contribution in [0.2, 0.25) is 0 Å². The highest BCUT2D eigenvalue weighted by Gasteiger charge is 2.45. The topological polar surface area (TPSA) is 95.7 Å². The number of aliphatic hydroxyl groups is 1. The summed E-state index contributed by atoms with van der Waals surface area (Å²) in [5.41, 5.74) is 1.24. The number of H-pyrrole nitrogens is 1. The van der Waals surface area contributed by atoms with E-state index in [-0.39, 0.29) is 11.3 Å². The Morgan fingerprint density at radius 3 is 2.24 bits per heavy atom. The quantitative estimate of drug-likeness (QED) is 0.239. The number of aromatic nitrogens is 2. The van der Waals surface area contributed by atoms with E-state index in [9.17, 15) is 14.7 Å². The Balaban J connectivity index is 1.72. The number of Topliss-reactive ketones (excluding diaryl/α,β-unsaturated/α-hetero) is 1. The van der Waals surface area contributed by atoms with Gasteiger partial charge in [0.05, 0.1) is 32.4 Å². The van der Waals surface area contributed by atoms with Crippen molar-refractivity contribution >= 4 is 17.4 Å². The highest BCUT2D eigenvalue weighted by molar-refractivity contribution is 6.46. The van der Waals surface area contributed by atoms with Gasteiger partial charge in [0.1, 0.15) is 29.7 Å². The maximum atomic E-state index is 13.1. The number of aryl methyl sites for hydroxylation is 1. The van der Waals surface area contributed by atoms with Gasteiger partial charge in [-0.05, 0) is 42.0 Å². The van der Waals surface area contributed by atoms with E-state index in [1.165, 1.54) is 4.90 Å². The van der Waals surface area contributed by atoms with Gasteiger partial charge in [0.15, 0.2) is 0 Å². The second kappa shape index (κ2) is 9.60. The zero-order chi connectivity index (χ0) is 23.4. The van der Waals surface area contributed by atoms with Crippen LogP contribution < -0.4 is 14.0 Å². The molecule has 33 heavy (non-hydrogen) atoms. The molecule has 2 heterocycles. The van der Waals surface area contributed by atoms with Gasteiger partial charge < -0.3 is 19.5 Å². The van der Waals surface area contributed by atoms with Crippen molar-refractivity contribution in [2.24, 2.45) is 0 Å². The molecule has 1 aliphatic heterocycles. The van der Waals surface area contributed by atoms with Crippen molar-refractivity contribution in [2.45, 2.75) is 19.0 Å². The van der Waals surface area contributed by atoms with E-state index < -0.39 is 17.7 Å². The lowest BCUT2D eigenvalue weighted by Crippen LogP contribution is -2.36. The zero-order valence-corrected chi connectivity index (χ0v) is 18.5. The smallest absolute Gasteiger partial charge is 0.295 e. The molecule has 0 radical (unpaired) electrons. The summed E-state index contributed by atoms with van der Waals surface area (Å²) in [4.78, 5) is 30.6. The molecule has 1 unspecified atom stereocenters. The molecule has 1 fully saturated rings. The van der Waals surface area contributed by atoms with Crippen LogP contribution in [0.1, 0.15) is 23.6 Å². The summed E-state index contributed by atoms with van der Waals surface area (Å²) >= 11 is 0. The number of aromatic amines is 1. The molecule has 0 aliphatic carbocycles. The number of likely N-dealkylation sites (tertiary alicyclic amines) is 1. The molecule has 0 saturated carbocycles. The Labute approximate surface area is 191 Å². The Morgan fingerprint density at radius 2 is 1.67 bits per heavy atom. The van der Waals surface area contributed by atoms with Crippen molar-refractivity contribution in [2.75, 3.05) is 20.8 Å². The first kappa shape index (κ1) is 22.1. The van der Waals surface area contributed by atoms with E-state index in [4.69, 9.17) is 9.47 Å². The first-order valence-corrected chi connectivity index (χ1v) is 10.6. The van der Waals surface area contributed by atoms with Gasteiger partial charge in [-0.1, -0.05) is 12.1 Å². The highest BCUT2D eigenvalue weighted by Crippen LogP contribution is 2.40. The Kier molecular flexibility index (Phi) is 6.44. The lowest BCUT2D eigenvalue weighted by atomic mass is 9.95. The van der Waals surface area contributed by atoms with Crippen LogP contribution in [0.4, 0.5) is 0 Å². The normalized spacial score (nSPS) is 17.4. The lowest BCUT2D eigenvalue weighted by Gasteiger charge is -2.25. The second-order valence-corrected chi connectivity index (χ2v) is 7.70. The number of amides is 1. The number of carbonyl (C=O) groups is 2. The molecule has 2 aromatic carbocycles. The van der Waals surface area contributed by atoms with Gasteiger partial charge in [0, 0.05) is 18.5 Å². The number of nitrogens with zero attached hydrogens (tertiary/aromatic N) is 2. The summed E-state index contributed by atoms with van der Waals surface area (Å²) in [7, 11) is 3.12. The third-order valence-corrected chi connectivity index (χ3v) is 5.75. The summed E-state index contributed by atoms with van der Waals surface area (Å²) in [6.45, 7) is 1.04. The zero-order valence-electron chi connectivity index (χ0n) is 18.5. The van der Waals surface area contributed by atoms with Crippen molar-refractivity contribution in [1.82, 2.24) is 9.88 Å². The minimum Gasteiger partial charge on any atom is -0.507 e. The van der Waals surface area contributed by atoms with E-state index in [0.29, 0.717) is 36.6 Å². The molecule has 1 aliphatic rings. The number of hydrogen-bond acceptors (Lipinski definition) is 5. The maximum absolute atomic E-state index is 13.1. The molecular formula is C25H26N3O5+. The van der Waals surface area contributed by atoms with Gasteiger partial charge in [-0.25, -0.2) is 4.57 Å². The van der Waals surface area contributed by atoms with Gasteiger partial charge >= 0.3 is 0 Å². The first-order valence-electron chi connectivity index (χ1n) is 10.6.